The molecular weight excluding hydrogens is 348 g/mol. The number of nitrogens with zero attached hydrogens (tertiary/aromatic N) is 1. The highest BCUT2D eigenvalue weighted by atomic mass is 32.2. The highest BCUT2D eigenvalue weighted by Crippen LogP contribution is 2.27. The van der Waals surface area contributed by atoms with E-state index in [4.69, 9.17) is 14.0 Å². The van der Waals surface area contributed by atoms with Crippen LogP contribution >= 0.6 is 0 Å². The maximum absolute atomic E-state index is 12.5. The molecule has 1 N–H and O–H groups in total. The van der Waals surface area contributed by atoms with Crippen molar-refractivity contribution in [1.82, 2.24) is 9.79 Å². The fraction of sp³-hybridized carbons (Fsp3) is 0.312. The Morgan fingerprint density at radius 3 is 2.56 bits per heavy atom. The van der Waals surface area contributed by atoms with Crippen LogP contribution in [-0.4, -0.2) is 40.1 Å². The highest BCUT2D eigenvalue weighted by molar-refractivity contribution is 7.89. The molecule has 1 unspecified atom stereocenters. The molecule has 136 valence electrons. The van der Waals surface area contributed by atoms with Crippen LogP contribution in [0.2, 0.25) is 0 Å². The number of nitrogens with one attached hydrogen (secondary N) is 1. The van der Waals surface area contributed by atoms with Gasteiger partial charge in [-0.2, -0.15) is 0 Å². The number of hydrogen-bond acceptors (Lipinski definition) is 6. The van der Waals surface area contributed by atoms with Crippen molar-refractivity contribution in [2.75, 3.05) is 21.3 Å². The van der Waals surface area contributed by atoms with Gasteiger partial charge < -0.3 is 14.5 Å². The maximum Gasteiger partial charge on any atom is 0.268 e. The molecule has 0 radical (unpaired) electrons. The third-order valence-electron chi connectivity index (χ3n) is 3.62. The van der Waals surface area contributed by atoms with Gasteiger partial charge in [-0.15, -0.1) is 0 Å². The van der Waals surface area contributed by atoms with Crippen LogP contribution < -0.4 is 10.1 Å². The molecule has 2 rings (SSSR count). The molecule has 0 aliphatic carbocycles. The van der Waals surface area contributed by atoms with Crippen molar-refractivity contribution in [1.29, 1.82) is 0 Å². The SMILES string of the molecule is COc1ccc(C(=O)NC(C)c2ccco2)cc1S(=O)(=O)N(C)OC. The van der Waals surface area contributed by atoms with E-state index >= 15 is 0 Å². The van der Waals surface area contributed by atoms with Gasteiger partial charge in [0.25, 0.3) is 15.9 Å². The topological polar surface area (TPSA) is 98.1 Å². The largest absolute Gasteiger partial charge is 0.495 e. The quantitative estimate of drug-likeness (QED) is 0.750. The van der Waals surface area contributed by atoms with E-state index < -0.39 is 15.9 Å². The number of furan rings is 1. The molecule has 1 amide bonds. The van der Waals surface area contributed by atoms with Crippen LogP contribution in [-0.2, 0) is 14.9 Å². The fourth-order valence-corrected chi connectivity index (χ4v) is 3.30. The summed E-state index contributed by atoms with van der Waals surface area (Å²) in [6, 6.07) is 7.23. The summed E-state index contributed by atoms with van der Waals surface area (Å²) in [5, 5.41) is 2.74. The van der Waals surface area contributed by atoms with E-state index in [2.05, 4.69) is 5.32 Å². The lowest BCUT2D eigenvalue weighted by molar-refractivity contribution is -0.0259. The van der Waals surface area contributed by atoms with Crippen molar-refractivity contribution >= 4 is 15.9 Å². The lowest BCUT2D eigenvalue weighted by Gasteiger charge is -2.17. The molecular formula is C16H20N2O6S. The fourth-order valence-electron chi connectivity index (χ4n) is 2.14. The molecule has 1 aromatic heterocycles. The molecule has 0 aliphatic heterocycles. The zero-order valence-corrected chi connectivity index (χ0v) is 15.2. The Balaban J connectivity index is 2.34. The Bertz CT molecular complexity index is 832. The second kappa shape index (κ2) is 7.68. The zero-order chi connectivity index (χ0) is 18.6. The average Bonchev–Trinajstić information content (AvgIpc) is 3.14. The maximum atomic E-state index is 12.5. The first-order chi connectivity index (χ1) is 11.8. The van der Waals surface area contributed by atoms with Gasteiger partial charge >= 0.3 is 0 Å². The number of sulfonamides is 1. The van der Waals surface area contributed by atoms with Gasteiger partial charge in [0.15, 0.2) is 0 Å². The summed E-state index contributed by atoms with van der Waals surface area (Å²) >= 11 is 0. The van der Waals surface area contributed by atoms with Crippen LogP contribution in [0.4, 0.5) is 0 Å². The van der Waals surface area contributed by atoms with Gasteiger partial charge in [-0.1, -0.05) is 4.47 Å². The number of hydrogen-bond donors (Lipinski definition) is 1. The monoisotopic (exact) mass is 368 g/mol. The number of benzene rings is 1. The molecule has 0 aliphatic rings. The predicted octanol–water partition coefficient (Wildman–Crippen LogP) is 1.96. The van der Waals surface area contributed by atoms with Crippen LogP contribution in [0.25, 0.3) is 0 Å². The molecule has 1 aromatic carbocycles. The normalized spacial score (nSPS) is 12.8. The Hall–Kier alpha value is -2.36. The summed E-state index contributed by atoms with van der Waals surface area (Å²) in [4.78, 5) is 17.0. The molecule has 0 fully saturated rings. The van der Waals surface area contributed by atoms with Crippen LogP contribution in [0.5, 0.6) is 5.75 Å². The molecule has 0 saturated carbocycles. The molecule has 2 aromatic rings. The van der Waals surface area contributed by atoms with Crippen molar-refractivity contribution in [3.8, 4) is 5.75 Å². The Kier molecular flexibility index (Phi) is 5.83. The lowest BCUT2D eigenvalue weighted by Crippen LogP contribution is -2.28. The van der Waals surface area contributed by atoms with E-state index in [-0.39, 0.29) is 22.3 Å². The van der Waals surface area contributed by atoms with Gasteiger partial charge in [-0.25, -0.2) is 8.42 Å². The van der Waals surface area contributed by atoms with Crippen LogP contribution in [0.1, 0.15) is 29.1 Å². The van der Waals surface area contributed by atoms with Crippen molar-refractivity contribution < 1.29 is 27.2 Å². The van der Waals surface area contributed by atoms with Gasteiger partial charge in [0, 0.05) is 12.6 Å². The number of amides is 1. The number of hydroxylamine groups is 1. The van der Waals surface area contributed by atoms with Gasteiger partial charge in [0.05, 0.1) is 26.5 Å². The molecule has 9 heteroatoms. The van der Waals surface area contributed by atoms with Crippen LogP contribution in [0, 0.1) is 0 Å². The van der Waals surface area contributed by atoms with Crippen molar-refractivity contribution in [2.24, 2.45) is 0 Å². The standard InChI is InChI=1S/C16H20N2O6S/c1-11(13-6-5-9-24-13)17-16(19)12-7-8-14(22-3)15(10-12)25(20,21)18(2)23-4/h5-11H,1-4H3,(H,17,19). The van der Waals surface area contributed by atoms with Crippen molar-refractivity contribution in [3.05, 3.63) is 47.9 Å². The summed E-state index contributed by atoms with van der Waals surface area (Å²) in [5.41, 5.74) is 0.169. The predicted molar refractivity (Wildman–Crippen MR) is 89.5 cm³/mol. The van der Waals surface area contributed by atoms with E-state index in [0.717, 1.165) is 0 Å². The summed E-state index contributed by atoms with van der Waals surface area (Å²) in [5.74, 6) is 0.261. The number of rotatable bonds is 7. The molecule has 8 nitrogen and oxygen atoms in total. The van der Waals surface area contributed by atoms with E-state index in [1.807, 2.05) is 0 Å². The van der Waals surface area contributed by atoms with E-state index in [9.17, 15) is 13.2 Å². The summed E-state index contributed by atoms with van der Waals surface area (Å²) in [6.45, 7) is 1.76. The Morgan fingerprint density at radius 1 is 1.28 bits per heavy atom. The average molecular weight is 368 g/mol. The second-order valence-electron chi connectivity index (χ2n) is 5.17. The summed E-state index contributed by atoms with van der Waals surface area (Å²) in [6.07, 6.45) is 1.51. The van der Waals surface area contributed by atoms with E-state index in [1.54, 1.807) is 19.1 Å². The Morgan fingerprint density at radius 2 is 2.00 bits per heavy atom. The summed E-state index contributed by atoms with van der Waals surface area (Å²) in [7, 11) is -0.147. The molecule has 0 saturated heterocycles. The minimum atomic E-state index is -3.97. The summed E-state index contributed by atoms with van der Waals surface area (Å²) < 4.78 is 36.0. The molecule has 1 heterocycles. The molecule has 1 atom stereocenters. The third kappa shape index (κ3) is 4.01. The first-order valence-corrected chi connectivity index (χ1v) is 8.80. The van der Waals surface area contributed by atoms with Gasteiger partial charge in [-0.05, 0) is 37.3 Å². The first kappa shape index (κ1) is 19.0. The molecule has 25 heavy (non-hydrogen) atoms. The second-order valence-corrected chi connectivity index (χ2v) is 7.08. The lowest BCUT2D eigenvalue weighted by atomic mass is 10.1. The minimum Gasteiger partial charge on any atom is -0.495 e. The molecule has 0 spiro atoms. The number of methoxy groups -OCH3 is 1. The molecule has 0 bridgehead atoms. The highest BCUT2D eigenvalue weighted by Gasteiger charge is 2.26. The smallest absolute Gasteiger partial charge is 0.268 e. The third-order valence-corrected chi connectivity index (χ3v) is 5.32. The van der Waals surface area contributed by atoms with Gasteiger partial charge in [-0.3, -0.25) is 9.63 Å². The number of carbonyl (C=O) groups excluding carboxylic acids is 1. The van der Waals surface area contributed by atoms with Gasteiger partial charge in [0.2, 0.25) is 0 Å². The number of carbonyl (C=O) groups is 1. The first-order valence-electron chi connectivity index (χ1n) is 7.36. The van der Waals surface area contributed by atoms with E-state index in [0.29, 0.717) is 10.2 Å². The van der Waals surface area contributed by atoms with E-state index in [1.165, 1.54) is 45.7 Å². The van der Waals surface area contributed by atoms with Crippen molar-refractivity contribution in [2.45, 2.75) is 17.9 Å². The van der Waals surface area contributed by atoms with Crippen LogP contribution in [0.15, 0.2) is 45.9 Å². The van der Waals surface area contributed by atoms with Gasteiger partial charge in [0.1, 0.15) is 16.4 Å². The van der Waals surface area contributed by atoms with Crippen molar-refractivity contribution in [3.63, 3.8) is 0 Å². The number of ether oxygens (including phenoxy) is 1. The zero-order valence-electron chi connectivity index (χ0n) is 14.3. The van der Waals surface area contributed by atoms with Crippen LogP contribution in [0.3, 0.4) is 0 Å². The Labute approximate surface area is 146 Å². The minimum absolute atomic E-state index is 0.111.